The minimum atomic E-state index is 0. The van der Waals surface area contributed by atoms with E-state index in [4.69, 9.17) is 0 Å². The van der Waals surface area contributed by atoms with Crippen LogP contribution in [0.5, 0.6) is 0 Å². The number of thiazole rings is 1. The number of halogens is 1. The Morgan fingerprint density at radius 3 is 2.89 bits per heavy atom. The van der Waals surface area contributed by atoms with Gasteiger partial charge >= 0.3 is 0 Å². The summed E-state index contributed by atoms with van der Waals surface area (Å²) in [5, 5.41) is 6.76. The fourth-order valence-electron chi connectivity index (χ4n) is 1.50. The third-order valence-corrected chi connectivity index (χ3v) is 3.41. The van der Waals surface area contributed by atoms with Crippen LogP contribution in [0.2, 0.25) is 0 Å². The number of rotatable bonds is 5. The highest BCUT2D eigenvalue weighted by molar-refractivity contribution is 7.18. The van der Waals surface area contributed by atoms with Gasteiger partial charge in [-0.3, -0.25) is 4.79 Å². The molecule has 4 nitrogen and oxygen atoms in total. The second-order valence-corrected chi connectivity index (χ2v) is 4.82. The molecular weight excluding hydrogens is 270 g/mol. The smallest absolute Gasteiger partial charge is 0.221 e. The molecule has 0 atom stereocenters. The van der Waals surface area contributed by atoms with Crippen LogP contribution in [0.4, 0.5) is 0 Å². The summed E-state index contributed by atoms with van der Waals surface area (Å²) in [4.78, 5) is 15.9. The first-order chi connectivity index (χ1) is 8.29. The van der Waals surface area contributed by atoms with Gasteiger partial charge in [0.2, 0.25) is 5.91 Å². The normalized spacial score (nSPS) is 10.1. The average Bonchev–Trinajstić information content (AvgIpc) is 2.76. The molecule has 1 aromatic heterocycles. The first-order valence-electron chi connectivity index (χ1n) is 5.55. The van der Waals surface area contributed by atoms with Gasteiger partial charge in [0.15, 0.2) is 0 Å². The van der Waals surface area contributed by atoms with Crippen molar-refractivity contribution in [2.24, 2.45) is 0 Å². The summed E-state index contributed by atoms with van der Waals surface area (Å²) in [5.74, 6) is 0.0543. The average molecular weight is 286 g/mol. The Balaban J connectivity index is 0.00000162. The Morgan fingerprint density at radius 1 is 1.39 bits per heavy atom. The Kier molecular flexibility index (Phi) is 6.04. The van der Waals surface area contributed by atoms with Crippen LogP contribution in [-0.4, -0.2) is 24.5 Å². The van der Waals surface area contributed by atoms with Crippen molar-refractivity contribution in [2.45, 2.75) is 13.0 Å². The predicted molar refractivity (Wildman–Crippen MR) is 77.3 cm³/mol. The molecule has 1 heterocycles. The van der Waals surface area contributed by atoms with E-state index in [9.17, 15) is 4.79 Å². The third kappa shape index (κ3) is 3.94. The number of amides is 1. The Hall–Kier alpha value is -1.17. The van der Waals surface area contributed by atoms with Gasteiger partial charge in [0, 0.05) is 13.0 Å². The zero-order valence-corrected chi connectivity index (χ0v) is 11.7. The standard InChI is InChI=1S/C12H15N3OS.ClH/c1-13-7-6-11(16)14-8-12-15-9-4-2-3-5-10(9)17-12;/h2-5,13H,6-8H2,1H3,(H,14,16);1H. The van der Waals surface area contributed by atoms with Gasteiger partial charge in [0.1, 0.15) is 5.01 Å². The van der Waals surface area contributed by atoms with Gasteiger partial charge in [-0.25, -0.2) is 4.98 Å². The van der Waals surface area contributed by atoms with E-state index in [0.29, 0.717) is 19.5 Å². The summed E-state index contributed by atoms with van der Waals surface area (Å²) in [5.41, 5.74) is 0.997. The van der Waals surface area contributed by atoms with Gasteiger partial charge in [-0.05, 0) is 19.2 Å². The zero-order chi connectivity index (χ0) is 12.1. The second-order valence-electron chi connectivity index (χ2n) is 3.71. The lowest BCUT2D eigenvalue weighted by atomic mass is 10.3. The van der Waals surface area contributed by atoms with Crippen molar-refractivity contribution in [2.75, 3.05) is 13.6 Å². The van der Waals surface area contributed by atoms with E-state index in [1.54, 1.807) is 11.3 Å². The molecule has 0 saturated carbocycles. The monoisotopic (exact) mass is 285 g/mol. The number of fused-ring (bicyclic) bond motifs is 1. The van der Waals surface area contributed by atoms with Crippen molar-refractivity contribution in [1.29, 1.82) is 0 Å². The van der Waals surface area contributed by atoms with Gasteiger partial charge in [0.25, 0.3) is 0 Å². The highest BCUT2D eigenvalue weighted by atomic mass is 35.5. The molecule has 0 unspecified atom stereocenters. The van der Waals surface area contributed by atoms with Crippen LogP contribution < -0.4 is 10.6 Å². The number of nitrogens with one attached hydrogen (secondary N) is 2. The van der Waals surface area contributed by atoms with Crippen LogP contribution in [0, 0.1) is 0 Å². The van der Waals surface area contributed by atoms with Crippen molar-refractivity contribution in [3.05, 3.63) is 29.3 Å². The number of benzene rings is 1. The maximum Gasteiger partial charge on any atom is 0.221 e. The summed E-state index contributed by atoms with van der Waals surface area (Å²) in [6, 6.07) is 7.99. The van der Waals surface area contributed by atoms with Gasteiger partial charge < -0.3 is 10.6 Å². The van der Waals surface area contributed by atoms with Gasteiger partial charge in [0.05, 0.1) is 16.8 Å². The quantitative estimate of drug-likeness (QED) is 0.883. The highest BCUT2D eigenvalue weighted by Crippen LogP contribution is 2.21. The highest BCUT2D eigenvalue weighted by Gasteiger charge is 2.05. The topological polar surface area (TPSA) is 54.0 Å². The van der Waals surface area contributed by atoms with E-state index in [2.05, 4.69) is 15.6 Å². The molecule has 0 saturated heterocycles. The summed E-state index contributed by atoms with van der Waals surface area (Å²) in [6.45, 7) is 1.22. The molecule has 0 aliphatic carbocycles. The van der Waals surface area contributed by atoms with E-state index in [1.807, 2.05) is 31.3 Å². The number of aromatic nitrogens is 1. The van der Waals surface area contributed by atoms with E-state index in [0.717, 1.165) is 15.2 Å². The summed E-state index contributed by atoms with van der Waals surface area (Å²) < 4.78 is 1.16. The summed E-state index contributed by atoms with van der Waals surface area (Å²) in [6.07, 6.45) is 0.501. The molecular formula is C12H16ClN3OS. The maximum absolute atomic E-state index is 11.4. The Morgan fingerprint density at radius 2 is 2.17 bits per heavy atom. The third-order valence-electron chi connectivity index (χ3n) is 2.38. The molecule has 6 heteroatoms. The molecule has 0 radical (unpaired) electrons. The minimum absolute atomic E-state index is 0. The van der Waals surface area contributed by atoms with E-state index in [-0.39, 0.29) is 18.3 Å². The lowest BCUT2D eigenvalue weighted by Gasteiger charge is -2.01. The number of hydrogen-bond donors (Lipinski definition) is 2. The van der Waals surface area contributed by atoms with Crippen LogP contribution in [-0.2, 0) is 11.3 Å². The molecule has 0 fully saturated rings. The fraction of sp³-hybridized carbons (Fsp3) is 0.333. The van der Waals surface area contributed by atoms with Gasteiger partial charge in [-0.15, -0.1) is 23.7 Å². The molecule has 1 aromatic carbocycles. The van der Waals surface area contributed by atoms with Crippen LogP contribution in [0.3, 0.4) is 0 Å². The van der Waals surface area contributed by atoms with Gasteiger partial charge in [-0.2, -0.15) is 0 Å². The largest absolute Gasteiger partial charge is 0.350 e. The summed E-state index contributed by atoms with van der Waals surface area (Å²) in [7, 11) is 1.83. The SMILES string of the molecule is CNCCC(=O)NCc1nc2ccccc2s1.Cl. The van der Waals surface area contributed by atoms with Crippen molar-refractivity contribution in [3.8, 4) is 0 Å². The molecule has 2 aromatic rings. The molecule has 2 N–H and O–H groups in total. The molecule has 0 spiro atoms. The molecule has 1 amide bonds. The number of para-hydroxylation sites is 1. The van der Waals surface area contributed by atoms with E-state index < -0.39 is 0 Å². The van der Waals surface area contributed by atoms with Gasteiger partial charge in [-0.1, -0.05) is 12.1 Å². The van der Waals surface area contributed by atoms with Crippen LogP contribution in [0.25, 0.3) is 10.2 Å². The molecule has 0 bridgehead atoms. The maximum atomic E-state index is 11.4. The molecule has 0 aliphatic rings. The van der Waals surface area contributed by atoms with Crippen molar-refractivity contribution in [1.82, 2.24) is 15.6 Å². The van der Waals surface area contributed by atoms with Crippen molar-refractivity contribution < 1.29 is 4.79 Å². The van der Waals surface area contributed by atoms with Crippen LogP contribution >= 0.6 is 23.7 Å². The predicted octanol–water partition coefficient (Wildman–Crippen LogP) is 1.94. The molecule has 0 aliphatic heterocycles. The van der Waals surface area contributed by atoms with Crippen LogP contribution in [0.1, 0.15) is 11.4 Å². The number of nitrogens with zero attached hydrogens (tertiary/aromatic N) is 1. The first-order valence-corrected chi connectivity index (χ1v) is 6.37. The fourth-order valence-corrected chi connectivity index (χ4v) is 2.40. The number of carbonyl (C=O) groups is 1. The molecule has 2 rings (SSSR count). The lowest BCUT2D eigenvalue weighted by molar-refractivity contribution is -0.121. The number of carbonyl (C=O) groups excluding carboxylic acids is 1. The van der Waals surface area contributed by atoms with Crippen molar-refractivity contribution in [3.63, 3.8) is 0 Å². The number of hydrogen-bond acceptors (Lipinski definition) is 4. The van der Waals surface area contributed by atoms with E-state index in [1.165, 1.54) is 0 Å². The minimum Gasteiger partial charge on any atom is -0.350 e. The zero-order valence-electron chi connectivity index (χ0n) is 10.1. The molecule has 98 valence electrons. The van der Waals surface area contributed by atoms with E-state index >= 15 is 0 Å². The van der Waals surface area contributed by atoms with Crippen molar-refractivity contribution >= 4 is 39.9 Å². The first kappa shape index (κ1) is 14.9. The lowest BCUT2D eigenvalue weighted by Crippen LogP contribution is -2.25. The summed E-state index contributed by atoms with van der Waals surface area (Å²) >= 11 is 1.62. The van der Waals surface area contributed by atoms with Crippen LogP contribution in [0.15, 0.2) is 24.3 Å². The Bertz CT molecular complexity index is 482. The Labute approximate surface area is 116 Å². The second kappa shape index (κ2) is 7.31. The molecule has 18 heavy (non-hydrogen) atoms.